The van der Waals surface area contributed by atoms with E-state index in [4.69, 9.17) is 9.47 Å². The lowest BCUT2D eigenvalue weighted by atomic mass is 10.1. The normalized spacial score (nSPS) is 13.3. The first-order valence-electron chi connectivity index (χ1n) is 8.96. The topological polar surface area (TPSA) is 38.8 Å². The van der Waals surface area contributed by atoms with Gasteiger partial charge in [-0.1, -0.05) is 30.3 Å². The molecule has 0 bridgehead atoms. The van der Waals surface area contributed by atoms with Crippen LogP contribution in [0.2, 0.25) is 0 Å². The molecule has 1 aliphatic heterocycles. The molecule has 0 unspecified atom stereocenters. The minimum absolute atomic E-state index is 0.0431. The van der Waals surface area contributed by atoms with Crippen molar-refractivity contribution in [1.82, 2.24) is 0 Å². The highest BCUT2D eigenvalue weighted by molar-refractivity contribution is 6.07. The molecule has 0 aliphatic carbocycles. The first-order valence-corrected chi connectivity index (χ1v) is 8.96. The smallest absolute Gasteiger partial charge is 0.258 e. The molecule has 4 rings (SSSR count). The fourth-order valence-corrected chi connectivity index (χ4v) is 3.24. The van der Waals surface area contributed by atoms with Crippen LogP contribution < -0.4 is 14.4 Å². The lowest BCUT2D eigenvalue weighted by Gasteiger charge is -2.22. The van der Waals surface area contributed by atoms with Gasteiger partial charge in [0.05, 0.1) is 13.2 Å². The molecule has 4 nitrogen and oxygen atoms in total. The molecule has 0 fully saturated rings. The van der Waals surface area contributed by atoms with Gasteiger partial charge < -0.3 is 14.4 Å². The summed E-state index contributed by atoms with van der Waals surface area (Å²) in [6.07, 6.45) is 0.843. The van der Waals surface area contributed by atoms with Crippen molar-refractivity contribution in [2.24, 2.45) is 0 Å². The highest BCUT2D eigenvalue weighted by atomic mass is 16.5. The van der Waals surface area contributed by atoms with Crippen LogP contribution in [0.4, 0.5) is 5.69 Å². The Morgan fingerprint density at radius 3 is 2.50 bits per heavy atom. The Hall–Kier alpha value is -3.01. The lowest BCUT2D eigenvalue weighted by Crippen LogP contribution is -2.30. The maximum absolute atomic E-state index is 13.1. The van der Waals surface area contributed by atoms with Crippen molar-refractivity contribution in [3.8, 4) is 11.5 Å². The van der Waals surface area contributed by atoms with Gasteiger partial charge in [0.2, 0.25) is 0 Å². The Morgan fingerprint density at radius 1 is 0.923 bits per heavy atom. The molecule has 0 atom stereocenters. The second kappa shape index (κ2) is 7.08. The Balaban J connectivity index is 1.67. The van der Waals surface area contributed by atoms with E-state index in [9.17, 15) is 4.79 Å². The van der Waals surface area contributed by atoms with Crippen LogP contribution in [0.15, 0.2) is 60.7 Å². The number of fused-ring (bicyclic) bond motifs is 2. The number of benzene rings is 3. The molecule has 1 amide bonds. The third-order valence-electron chi connectivity index (χ3n) is 4.60. The van der Waals surface area contributed by atoms with Crippen molar-refractivity contribution in [1.29, 1.82) is 0 Å². The van der Waals surface area contributed by atoms with Gasteiger partial charge in [-0.15, -0.1) is 0 Å². The van der Waals surface area contributed by atoms with E-state index in [1.807, 2.05) is 31.2 Å². The summed E-state index contributed by atoms with van der Waals surface area (Å²) >= 11 is 0. The van der Waals surface area contributed by atoms with E-state index in [-0.39, 0.29) is 5.91 Å². The molecule has 1 heterocycles. The van der Waals surface area contributed by atoms with Crippen LogP contribution >= 0.6 is 0 Å². The highest BCUT2D eigenvalue weighted by Crippen LogP contribution is 2.31. The summed E-state index contributed by atoms with van der Waals surface area (Å²) in [6, 6.07) is 19.7. The van der Waals surface area contributed by atoms with E-state index in [1.54, 1.807) is 17.0 Å². The molecule has 0 saturated heterocycles. The number of hydrogen-bond acceptors (Lipinski definition) is 3. The summed E-state index contributed by atoms with van der Waals surface area (Å²) in [4.78, 5) is 14.9. The molecule has 0 spiro atoms. The molecule has 132 valence electrons. The average molecular weight is 347 g/mol. The SMILES string of the molecule is CCN(C(=O)c1ccc2c(c1)OCCCO2)c1ccc2ccccc2c1. The van der Waals surface area contributed by atoms with Crippen molar-refractivity contribution in [2.45, 2.75) is 13.3 Å². The summed E-state index contributed by atoms with van der Waals surface area (Å²) in [7, 11) is 0. The van der Waals surface area contributed by atoms with Crippen molar-refractivity contribution in [2.75, 3.05) is 24.7 Å². The summed E-state index contributed by atoms with van der Waals surface area (Å²) < 4.78 is 11.4. The average Bonchev–Trinajstić information content (AvgIpc) is 2.93. The Kier molecular flexibility index (Phi) is 4.48. The molecular formula is C22H21NO3. The first kappa shape index (κ1) is 16.5. The summed E-state index contributed by atoms with van der Waals surface area (Å²) in [5, 5.41) is 2.28. The van der Waals surface area contributed by atoms with E-state index < -0.39 is 0 Å². The fourth-order valence-electron chi connectivity index (χ4n) is 3.24. The maximum atomic E-state index is 13.1. The molecule has 4 heteroatoms. The minimum atomic E-state index is -0.0431. The zero-order valence-electron chi connectivity index (χ0n) is 14.8. The van der Waals surface area contributed by atoms with Gasteiger partial charge in [-0.05, 0) is 48.0 Å². The van der Waals surface area contributed by atoms with E-state index >= 15 is 0 Å². The van der Waals surface area contributed by atoms with Gasteiger partial charge >= 0.3 is 0 Å². The second-order valence-corrected chi connectivity index (χ2v) is 6.29. The predicted molar refractivity (Wildman–Crippen MR) is 103 cm³/mol. The number of ether oxygens (including phenoxy) is 2. The van der Waals surface area contributed by atoms with E-state index in [2.05, 4.69) is 24.3 Å². The lowest BCUT2D eigenvalue weighted by molar-refractivity contribution is 0.0988. The number of hydrogen-bond donors (Lipinski definition) is 0. The molecule has 26 heavy (non-hydrogen) atoms. The second-order valence-electron chi connectivity index (χ2n) is 6.29. The molecule has 0 aromatic heterocycles. The van der Waals surface area contributed by atoms with Crippen molar-refractivity contribution < 1.29 is 14.3 Å². The zero-order valence-corrected chi connectivity index (χ0v) is 14.8. The zero-order chi connectivity index (χ0) is 17.9. The molecule has 3 aromatic carbocycles. The number of amides is 1. The van der Waals surface area contributed by atoms with Crippen molar-refractivity contribution in [3.05, 3.63) is 66.2 Å². The third kappa shape index (κ3) is 3.10. The number of carbonyl (C=O) groups excluding carboxylic acids is 1. The molecule has 3 aromatic rings. The summed E-state index contributed by atoms with van der Waals surface area (Å²) in [5.41, 5.74) is 1.49. The van der Waals surface area contributed by atoms with Crippen LogP contribution in [0.1, 0.15) is 23.7 Å². The quantitative estimate of drug-likeness (QED) is 0.691. The first-order chi connectivity index (χ1) is 12.8. The standard InChI is InChI=1S/C22H21NO3/c1-2-23(19-10-8-16-6-3-4-7-17(16)14-19)22(24)18-9-11-20-21(15-18)26-13-5-12-25-20/h3-4,6-11,14-15H,2,5,12-13H2,1H3. The molecule has 1 aliphatic rings. The highest BCUT2D eigenvalue weighted by Gasteiger charge is 2.19. The van der Waals surface area contributed by atoms with Gasteiger partial charge in [-0.25, -0.2) is 0 Å². The summed E-state index contributed by atoms with van der Waals surface area (Å²) in [6.45, 7) is 3.81. The fraction of sp³-hybridized carbons (Fsp3) is 0.227. The number of nitrogens with zero attached hydrogens (tertiary/aromatic N) is 1. The summed E-state index contributed by atoms with van der Waals surface area (Å²) in [5.74, 6) is 1.30. The van der Waals surface area contributed by atoms with Crippen molar-refractivity contribution >= 4 is 22.4 Å². The van der Waals surface area contributed by atoms with Crippen LogP contribution in [-0.2, 0) is 0 Å². The van der Waals surface area contributed by atoms with E-state index in [0.29, 0.717) is 36.8 Å². The molecule has 0 saturated carbocycles. The molecular weight excluding hydrogens is 326 g/mol. The van der Waals surface area contributed by atoms with E-state index in [1.165, 1.54) is 0 Å². The van der Waals surface area contributed by atoms with Gasteiger partial charge in [0.25, 0.3) is 5.91 Å². The molecule has 0 N–H and O–H groups in total. The van der Waals surface area contributed by atoms with Crippen LogP contribution in [0.5, 0.6) is 11.5 Å². The molecule has 0 radical (unpaired) electrons. The van der Waals surface area contributed by atoms with E-state index in [0.717, 1.165) is 22.9 Å². The third-order valence-corrected chi connectivity index (χ3v) is 4.60. The van der Waals surface area contributed by atoms with Gasteiger partial charge in [-0.3, -0.25) is 4.79 Å². The van der Waals surface area contributed by atoms with Gasteiger partial charge in [-0.2, -0.15) is 0 Å². The Bertz CT molecular complexity index is 951. The Morgan fingerprint density at radius 2 is 1.69 bits per heavy atom. The van der Waals surface area contributed by atoms with Crippen LogP contribution in [0.3, 0.4) is 0 Å². The Labute approximate surface area is 153 Å². The van der Waals surface area contributed by atoms with Gasteiger partial charge in [0.15, 0.2) is 11.5 Å². The van der Waals surface area contributed by atoms with Gasteiger partial charge in [0.1, 0.15) is 0 Å². The number of rotatable bonds is 3. The van der Waals surface area contributed by atoms with Crippen LogP contribution in [0.25, 0.3) is 10.8 Å². The maximum Gasteiger partial charge on any atom is 0.258 e. The van der Waals surface area contributed by atoms with Crippen LogP contribution in [-0.4, -0.2) is 25.7 Å². The van der Waals surface area contributed by atoms with Crippen LogP contribution in [0, 0.1) is 0 Å². The largest absolute Gasteiger partial charge is 0.490 e. The minimum Gasteiger partial charge on any atom is -0.490 e. The monoisotopic (exact) mass is 347 g/mol. The number of carbonyl (C=O) groups is 1. The van der Waals surface area contributed by atoms with Crippen molar-refractivity contribution in [3.63, 3.8) is 0 Å². The predicted octanol–water partition coefficient (Wildman–Crippen LogP) is 4.67. The van der Waals surface area contributed by atoms with Gasteiger partial charge in [0, 0.05) is 24.2 Å². The number of anilines is 1.